The molecule has 1 aliphatic carbocycles. The predicted octanol–water partition coefficient (Wildman–Crippen LogP) is 3.12. The number of hydrogen-bond donors (Lipinski definition) is 2. The quantitative estimate of drug-likeness (QED) is 0.879. The molecule has 2 N–H and O–H groups in total. The van der Waals surface area contributed by atoms with Gasteiger partial charge in [-0.3, -0.25) is 4.79 Å². The third-order valence-corrected chi connectivity index (χ3v) is 3.60. The van der Waals surface area contributed by atoms with E-state index in [-0.39, 0.29) is 12.5 Å². The van der Waals surface area contributed by atoms with Crippen molar-refractivity contribution < 1.29 is 4.79 Å². The molecule has 2 rings (SSSR count). The normalized spacial score (nSPS) is 15.7. The summed E-state index contributed by atoms with van der Waals surface area (Å²) in [6.07, 6.45) is 4.67. The lowest BCUT2D eigenvalue weighted by atomic mass is 10.2. The highest BCUT2D eigenvalue weighted by Gasteiger charge is 2.16. The Kier molecular flexibility index (Phi) is 4.48. The highest BCUT2D eigenvalue weighted by atomic mass is 35.5. The second kappa shape index (κ2) is 6.10. The number of halogens is 1. The standard InChI is InChI=1S/C14H19ClN2O/c1-10-6-7-13(12(15)8-10)16-9-14(18)17-11-4-2-3-5-11/h6-8,11,16H,2-5,9H2,1H3,(H,17,18). The van der Waals surface area contributed by atoms with Crippen molar-refractivity contribution in [1.82, 2.24) is 5.32 Å². The molecule has 1 fully saturated rings. The minimum absolute atomic E-state index is 0.0403. The molecule has 1 saturated carbocycles. The van der Waals surface area contributed by atoms with Crippen LogP contribution in [0.3, 0.4) is 0 Å². The van der Waals surface area contributed by atoms with E-state index in [0.29, 0.717) is 11.1 Å². The van der Waals surface area contributed by atoms with Crippen LogP contribution in [0, 0.1) is 6.92 Å². The molecular formula is C14H19ClN2O. The van der Waals surface area contributed by atoms with Crippen LogP contribution in [0.25, 0.3) is 0 Å². The zero-order valence-corrected chi connectivity index (χ0v) is 11.4. The molecule has 4 heteroatoms. The molecule has 1 aliphatic rings. The van der Waals surface area contributed by atoms with E-state index in [2.05, 4.69) is 10.6 Å². The van der Waals surface area contributed by atoms with Gasteiger partial charge in [-0.15, -0.1) is 0 Å². The van der Waals surface area contributed by atoms with E-state index in [1.807, 2.05) is 25.1 Å². The van der Waals surface area contributed by atoms with Crippen molar-refractivity contribution in [3.05, 3.63) is 28.8 Å². The van der Waals surface area contributed by atoms with Crippen molar-refractivity contribution in [2.75, 3.05) is 11.9 Å². The Hall–Kier alpha value is -1.22. The van der Waals surface area contributed by atoms with Crippen molar-refractivity contribution in [3.8, 4) is 0 Å². The van der Waals surface area contributed by atoms with Gasteiger partial charge in [0.05, 0.1) is 17.3 Å². The lowest BCUT2D eigenvalue weighted by molar-refractivity contribution is -0.120. The summed E-state index contributed by atoms with van der Waals surface area (Å²) in [7, 11) is 0. The summed E-state index contributed by atoms with van der Waals surface area (Å²) in [6.45, 7) is 2.27. The fourth-order valence-electron chi connectivity index (χ4n) is 2.29. The molecular weight excluding hydrogens is 248 g/mol. The van der Waals surface area contributed by atoms with Crippen molar-refractivity contribution in [1.29, 1.82) is 0 Å². The molecule has 0 bridgehead atoms. The molecule has 98 valence electrons. The van der Waals surface area contributed by atoms with Crippen LogP contribution in [0.2, 0.25) is 5.02 Å². The summed E-state index contributed by atoms with van der Waals surface area (Å²) < 4.78 is 0. The number of rotatable bonds is 4. The maximum atomic E-state index is 11.7. The van der Waals surface area contributed by atoms with Crippen molar-refractivity contribution in [2.24, 2.45) is 0 Å². The van der Waals surface area contributed by atoms with Gasteiger partial charge in [-0.05, 0) is 37.5 Å². The molecule has 0 heterocycles. The van der Waals surface area contributed by atoms with Crippen molar-refractivity contribution in [2.45, 2.75) is 38.6 Å². The molecule has 1 aromatic carbocycles. The third-order valence-electron chi connectivity index (χ3n) is 3.28. The lowest BCUT2D eigenvalue weighted by Gasteiger charge is -2.13. The zero-order valence-electron chi connectivity index (χ0n) is 10.6. The molecule has 0 aliphatic heterocycles. The number of amides is 1. The Morgan fingerprint density at radius 2 is 2.11 bits per heavy atom. The first kappa shape index (κ1) is 13.2. The van der Waals surface area contributed by atoms with E-state index in [0.717, 1.165) is 24.1 Å². The summed E-state index contributed by atoms with van der Waals surface area (Å²) in [6, 6.07) is 6.13. The van der Waals surface area contributed by atoms with Gasteiger partial charge in [0.2, 0.25) is 5.91 Å². The highest BCUT2D eigenvalue weighted by molar-refractivity contribution is 6.33. The Balaban J connectivity index is 1.81. The fourth-order valence-corrected chi connectivity index (χ4v) is 2.59. The van der Waals surface area contributed by atoms with Crippen molar-refractivity contribution >= 4 is 23.2 Å². The SMILES string of the molecule is Cc1ccc(NCC(=O)NC2CCCC2)c(Cl)c1. The number of aryl methyl sites for hydroxylation is 1. The third kappa shape index (κ3) is 3.64. The Morgan fingerprint density at radius 1 is 1.39 bits per heavy atom. The smallest absolute Gasteiger partial charge is 0.239 e. The van der Waals surface area contributed by atoms with Gasteiger partial charge in [0.15, 0.2) is 0 Å². The number of nitrogens with one attached hydrogen (secondary N) is 2. The first-order valence-corrected chi connectivity index (χ1v) is 6.82. The summed E-state index contributed by atoms with van der Waals surface area (Å²) in [5.74, 6) is 0.0403. The van der Waals surface area contributed by atoms with Crippen LogP contribution in [0.4, 0.5) is 5.69 Å². The van der Waals surface area contributed by atoms with Crippen LogP contribution in [0.5, 0.6) is 0 Å². The van der Waals surface area contributed by atoms with E-state index < -0.39 is 0 Å². The summed E-state index contributed by atoms with van der Waals surface area (Å²) in [5, 5.41) is 6.76. The fraction of sp³-hybridized carbons (Fsp3) is 0.500. The number of hydrogen-bond acceptors (Lipinski definition) is 2. The highest BCUT2D eigenvalue weighted by Crippen LogP contribution is 2.22. The largest absolute Gasteiger partial charge is 0.375 e. The van der Waals surface area contributed by atoms with Gasteiger partial charge in [0.25, 0.3) is 0 Å². The number of benzene rings is 1. The van der Waals surface area contributed by atoms with E-state index in [4.69, 9.17) is 11.6 Å². The monoisotopic (exact) mass is 266 g/mol. The second-order valence-corrected chi connectivity index (χ2v) is 5.29. The van der Waals surface area contributed by atoms with Gasteiger partial charge in [-0.2, -0.15) is 0 Å². The van der Waals surface area contributed by atoms with Gasteiger partial charge in [-0.1, -0.05) is 30.5 Å². The average Bonchev–Trinajstić information content (AvgIpc) is 2.80. The predicted molar refractivity (Wildman–Crippen MR) is 75.1 cm³/mol. The maximum Gasteiger partial charge on any atom is 0.239 e. The molecule has 1 amide bonds. The van der Waals surface area contributed by atoms with Crippen LogP contribution >= 0.6 is 11.6 Å². The maximum absolute atomic E-state index is 11.7. The molecule has 0 unspecified atom stereocenters. The van der Waals surface area contributed by atoms with Crippen molar-refractivity contribution in [3.63, 3.8) is 0 Å². The molecule has 0 radical (unpaired) electrons. The van der Waals surface area contributed by atoms with E-state index in [9.17, 15) is 4.79 Å². The zero-order chi connectivity index (χ0) is 13.0. The number of carbonyl (C=O) groups is 1. The van der Waals surface area contributed by atoms with Gasteiger partial charge in [0, 0.05) is 6.04 Å². The lowest BCUT2D eigenvalue weighted by Crippen LogP contribution is -2.36. The van der Waals surface area contributed by atoms with Gasteiger partial charge in [-0.25, -0.2) is 0 Å². The van der Waals surface area contributed by atoms with Crippen LogP contribution in [-0.4, -0.2) is 18.5 Å². The van der Waals surface area contributed by atoms with Gasteiger partial charge >= 0.3 is 0 Å². The molecule has 0 saturated heterocycles. The first-order chi connectivity index (χ1) is 8.65. The average molecular weight is 267 g/mol. The first-order valence-electron chi connectivity index (χ1n) is 6.44. The minimum atomic E-state index is 0.0403. The Labute approximate surface area is 113 Å². The van der Waals surface area contributed by atoms with E-state index in [1.165, 1.54) is 12.8 Å². The number of anilines is 1. The minimum Gasteiger partial charge on any atom is -0.375 e. The molecule has 0 spiro atoms. The molecule has 0 aromatic heterocycles. The molecule has 18 heavy (non-hydrogen) atoms. The Morgan fingerprint density at radius 3 is 2.78 bits per heavy atom. The van der Waals surface area contributed by atoms with E-state index >= 15 is 0 Å². The van der Waals surface area contributed by atoms with Crippen LogP contribution in [0.1, 0.15) is 31.2 Å². The van der Waals surface area contributed by atoms with Gasteiger partial charge < -0.3 is 10.6 Å². The second-order valence-electron chi connectivity index (χ2n) is 4.89. The number of carbonyl (C=O) groups excluding carboxylic acids is 1. The summed E-state index contributed by atoms with van der Waals surface area (Å²) >= 11 is 6.09. The molecule has 3 nitrogen and oxygen atoms in total. The van der Waals surface area contributed by atoms with Crippen LogP contribution in [0.15, 0.2) is 18.2 Å². The van der Waals surface area contributed by atoms with Crippen LogP contribution in [-0.2, 0) is 4.79 Å². The van der Waals surface area contributed by atoms with E-state index in [1.54, 1.807) is 0 Å². The molecule has 0 atom stereocenters. The molecule has 1 aromatic rings. The summed E-state index contributed by atoms with van der Waals surface area (Å²) in [4.78, 5) is 11.7. The summed E-state index contributed by atoms with van der Waals surface area (Å²) in [5.41, 5.74) is 1.92. The van der Waals surface area contributed by atoms with Crippen LogP contribution < -0.4 is 10.6 Å². The topological polar surface area (TPSA) is 41.1 Å². The van der Waals surface area contributed by atoms with Gasteiger partial charge in [0.1, 0.15) is 0 Å². The Bertz CT molecular complexity index is 428.